The van der Waals surface area contributed by atoms with Gasteiger partial charge in [0.25, 0.3) is 5.91 Å². The molecule has 2 aromatic heterocycles. The topological polar surface area (TPSA) is 73.1 Å². The Hall–Kier alpha value is -2.44. The summed E-state index contributed by atoms with van der Waals surface area (Å²) in [5.41, 5.74) is 1.64. The molecule has 2 aromatic rings. The van der Waals surface area contributed by atoms with Gasteiger partial charge in [-0.05, 0) is 37.7 Å². The van der Waals surface area contributed by atoms with Crippen LogP contribution in [0.15, 0.2) is 24.5 Å². The molecule has 4 rings (SSSR count). The predicted molar refractivity (Wildman–Crippen MR) is 115 cm³/mol. The van der Waals surface area contributed by atoms with Gasteiger partial charge in [-0.1, -0.05) is 39.8 Å². The number of piperidine rings is 1. The number of aromatic nitrogens is 4. The molecule has 30 heavy (non-hydrogen) atoms. The highest BCUT2D eigenvalue weighted by Gasteiger charge is 2.44. The highest BCUT2D eigenvalue weighted by Crippen LogP contribution is 2.41. The van der Waals surface area contributed by atoms with Gasteiger partial charge < -0.3 is 9.64 Å². The number of hydrogen-bond acceptors (Lipinski definition) is 5. The zero-order valence-electron chi connectivity index (χ0n) is 18.7. The zero-order chi connectivity index (χ0) is 21.5. The zero-order valence-corrected chi connectivity index (χ0v) is 18.7. The van der Waals surface area contributed by atoms with E-state index in [0.717, 1.165) is 31.4 Å². The first-order valence-corrected chi connectivity index (χ1v) is 11.1. The van der Waals surface area contributed by atoms with E-state index in [2.05, 4.69) is 61.0 Å². The summed E-state index contributed by atoms with van der Waals surface area (Å²) in [6.45, 7) is 11.3. The maximum absolute atomic E-state index is 13.2. The van der Waals surface area contributed by atoms with Crippen LogP contribution >= 0.6 is 0 Å². The Morgan fingerprint density at radius 2 is 1.87 bits per heavy atom. The van der Waals surface area contributed by atoms with E-state index in [9.17, 15) is 4.79 Å². The molecule has 4 heterocycles. The number of carbonyl (C=O) groups excluding carboxylic acids is 1. The van der Waals surface area contributed by atoms with Crippen LogP contribution in [0.1, 0.15) is 82.4 Å². The molecule has 2 unspecified atom stereocenters. The highest BCUT2D eigenvalue weighted by molar-refractivity contribution is 5.94. The van der Waals surface area contributed by atoms with Crippen molar-refractivity contribution in [1.82, 2.24) is 24.9 Å². The second-order valence-corrected chi connectivity index (χ2v) is 10.1. The summed E-state index contributed by atoms with van der Waals surface area (Å²) in [6.07, 6.45) is 7.70. The standard InChI is InChI=1S/C23H33N5O2/c1-15(2)14-30-21-9-6-16(12-24-21)22(29)28-17-7-8-18(28)11-19(10-17)27-13-20(25-26-27)23(3,4)5/h6,9,12-13,15,17-19H,7-8,10-11,14H2,1-5H3. The molecule has 162 valence electrons. The fourth-order valence-corrected chi connectivity index (χ4v) is 4.49. The summed E-state index contributed by atoms with van der Waals surface area (Å²) in [6, 6.07) is 4.44. The average Bonchev–Trinajstić information content (AvgIpc) is 3.29. The third kappa shape index (κ3) is 4.20. The summed E-state index contributed by atoms with van der Waals surface area (Å²) < 4.78 is 7.66. The predicted octanol–water partition coefficient (Wildman–Crippen LogP) is 4.01. The lowest BCUT2D eigenvalue weighted by Crippen LogP contribution is -2.47. The minimum atomic E-state index is -0.00799. The monoisotopic (exact) mass is 411 g/mol. The number of carbonyl (C=O) groups is 1. The van der Waals surface area contributed by atoms with Gasteiger partial charge in [0.05, 0.1) is 23.9 Å². The molecule has 2 bridgehead atoms. The quantitative estimate of drug-likeness (QED) is 0.743. The van der Waals surface area contributed by atoms with Crippen molar-refractivity contribution in [2.24, 2.45) is 5.92 Å². The Kier molecular flexibility index (Phi) is 5.55. The van der Waals surface area contributed by atoms with E-state index in [-0.39, 0.29) is 23.4 Å². The van der Waals surface area contributed by atoms with Crippen molar-refractivity contribution in [2.45, 2.75) is 83.8 Å². The molecule has 0 aliphatic carbocycles. The van der Waals surface area contributed by atoms with E-state index in [1.54, 1.807) is 12.3 Å². The number of fused-ring (bicyclic) bond motifs is 2. The molecule has 2 fully saturated rings. The molecule has 0 spiro atoms. The fraction of sp³-hybridized carbons (Fsp3) is 0.652. The van der Waals surface area contributed by atoms with Crippen LogP contribution in [-0.2, 0) is 5.41 Å². The molecule has 2 aliphatic heterocycles. The summed E-state index contributed by atoms with van der Waals surface area (Å²) in [5.74, 6) is 1.09. The molecule has 1 amide bonds. The number of rotatable bonds is 5. The number of nitrogens with zero attached hydrogens (tertiary/aromatic N) is 5. The largest absolute Gasteiger partial charge is 0.477 e. The van der Waals surface area contributed by atoms with Crippen molar-refractivity contribution in [3.8, 4) is 5.88 Å². The van der Waals surface area contributed by atoms with Crippen molar-refractivity contribution in [3.05, 3.63) is 35.8 Å². The summed E-state index contributed by atoms with van der Waals surface area (Å²) in [5, 5.41) is 8.79. The van der Waals surface area contributed by atoms with Gasteiger partial charge in [0.2, 0.25) is 5.88 Å². The van der Waals surface area contributed by atoms with Crippen LogP contribution in [0.2, 0.25) is 0 Å². The Labute approximate surface area is 178 Å². The maximum Gasteiger partial charge on any atom is 0.255 e. The van der Waals surface area contributed by atoms with Crippen LogP contribution in [0, 0.1) is 5.92 Å². The minimum absolute atomic E-state index is 0.00799. The smallest absolute Gasteiger partial charge is 0.255 e. The van der Waals surface area contributed by atoms with Crippen molar-refractivity contribution in [2.75, 3.05) is 6.61 Å². The van der Waals surface area contributed by atoms with Gasteiger partial charge in [0.15, 0.2) is 0 Å². The van der Waals surface area contributed by atoms with Gasteiger partial charge in [0.1, 0.15) is 0 Å². The van der Waals surface area contributed by atoms with Crippen molar-refractivity contribution in [1.29, 1.82) is 0 Å². The van der Waals surface area contributed by atoms with Gasteiger partial charge in [-0.2, -0.15) is 0 Å². The van der Waals surface area contributed by atoms with Crippen LogP contribution in [0.4, 0.5) is 0 Å². The van der Waals surface area contributed by atoms with Crippen LogP contribution in [-0.4, -0.2) is 49.5 Å². The van der Waals surface area contributed by atoms with E-state index in [1.165, 1.54) is 0 Å². The van der Waals surface area contributed by atoms with E-state index in [4.69, 9.17) is 4.74 Å². The second kappa shape index (κ2) is 8.00. The Morgan fingerprint density at radius 3 is 2.40 bits per heavy atom. The Morgan fingerprint density at radius 1 is 1.17 bits per heavy atom. The first-order valence-electron chi connectivity index (χ1n) is 11.1. The SMILES string of the molecule is CC(C)COc1ccc(C(=O)N2C3CCC2CC(n2cc(C(C)(C)C)nn2)C3)cn1. The van der Waals surface area contributed by atoms with E-state index >= 15 is 0 Å². The lowest BCUT2D eigenvalue weighted by molar-refractivity contribution is 0.0522. The molecule has 2 saturated heterocycles. The molecule has 7 nitrogen and oxygen atoms in total. The van der Waals surface area contributed by atoms with Crippen molar-refractivity contribution >= 4 is 5.91 Å². The normalized spacial score (nSPS) is 23.8. The number of pyridine rings is 1. The molecule has 0 N–H and O–H groups in total. The van der Waals surface area contributed by atoms with Gasteiger partial charge >= 0.3 is 0 Å². The van der Waals surface area contributed by atoms with Crippen molar-refractivity contribution in [3.63, 3.8) is 0 Å². The highest BCUT2D eigenvalue weighted by atomic mass is 16.5. The van der Waals surface area contributed by atoms with Crippen LogP contribution in [0.3, 0.4) is 0 Å². The molecule has 0 radical (unpaired) electrons. The molecular formula is C23H33N5O2. The van der Waals surface area contributed by atoms with E-state index in [1.807, 2.05) is 10.7 Å². The number of ether oxygens (including phenoxy) is 1. The van der Waals surface area contributed by atoms with E-state index in [0.29, 0.717) is 30.0 Å². The molecule has 0 aromatic carbocycles. The summed E-state index contributed by atoms with van der Waals surface area (Å²) in [7, 11) is 0. The van der Waals surface area contributed by atoms with Crippen LogP contribution in [0.5, 0.6) is 5.88 Å². The third-order valence-corrected chi connectivity index (χ3v) is 6.14. The first kappa shape index (κ1) is 20.8. The molecule has 7 heteroatoms. The lowest BCUT2D eigenvalue weighted by atomic mass is 9.93. The summed E-state index contributed by atoms with van der Waals surface area (Å²) in [4.78, 5) is 19.6. The Balaban J connectivity index is 1.43. The minimum Gasteiger partial charge on any atom is -0.477 e. The molecular weight excluding hydrogens is 378 g/mol. The fourth-order valence-electron chi connectivity index (χ4n) is 4.49. The van der Waals surface area contributed by atoms with Gasteiger partial charge in [-0.15, -0.1) is 5.10 Å². The number of amides is 1. The lowest BCUT2D eigenvalue weighted by Gasteiger charge is -2.38. The average molecular weight is 412 g/mol. The summed E-state index contributed by atoms with van der Waals surface area (Å²) >= 11 is 0. The molecule has 2 atom stereocenters. The second-order valence-electron chi connectivity index (χ2n) is 10.1. The van der Waals surface area contributed by atoms with Crippen LogP contribution < -0.4 is 4.74 Å². The first-order chi connectivity index (χ1) is 14.2. The van der Waals surface area contributed by atoms with Crippen molar-refractivity contribution < 1.29 is 9.53 Å². The van der Waals surface area contributed by atoms with Gasteiger partial charge in [0, 0.05) is 36.0 Å². The van der Waals surface area contributed by atoms with Crippen LogP contribution in [0.25, 0.3) is 0 Å². The third-order valence-electron chi connectivity index (χ3n) is 6.14. The maximum atomic E-state index is 13.2. The Bertz CT molecular complexity index is 870. The van der Waals surface area contributed by atoms with Gasteiger partial charge in [-0.25, -0.2) is 9.67 Å². The van der Waals surface area contributed by atoms with Gasteiger partial charge in [-0.3, -0.25) is 4.79 Å². The molecule has 0 saturated carbocycles. The molecule has 2 aliphatic rings. The van der Waals surface area contributed by atoms with E-state index < -0.39 is 0 Å². The number of hydrogen-bond donors (Lipinski definition) is 0.